The normalized spacial score (nSPS) is 12.3. The summed E-state index contributed by atoms with van der Waals surface area (Å²) in [7, 11) is -3.66. The number of hydrogen-bond acceptors (Lipinski definition) is 3. The Morgan fingerprint density at radius 1 is 1.24 bits per heavy atom. The summed E-state index contributed by atoms with van der Waals surface area (Å²) >= 11 is 0. The summed E-state index contributed by atoms with van der Waals surface area (Å²) in [5.41, 5.74) is -0.00494. The summed E-state index contributed by atoms with van der Waals surface area (Å²) in [5.74, 6) is -0.294. The van der Waals surface area contributed by atoms with E-state index in [1.165, 1.54) is 16.4 Å². The number of aliphatic hydroxyl groups is 1. The Kier molecular flexibility index (Phi) is 6.77. The molecule has 0 aromatic heterocycles. The van der Waals surface area contributed by atoms with E-state index < -0.39 is 22.4 Å². The van der Waals surface area contributed by atoms with Crippen molar-refractivity contribution < 1.29 is 17.9 Å². The van der Waals surface area contributed by atoms with E-state index in [2.05, 4.69) is 0 Å². The Labute approximate surface area is 126 Å². The minimum Gasteiger partial charge on any atom is -0.392 e. The highest BCUT2D eigenvalue weighted by Gasteiger charge is 2.25. The molecule has 120 valence electrons. The van der Waals surface area contributed by atoms with Crippen molar-refractivity contribution in [1.29, 1.82) is 0 Å². The first kappa shape index (κ1) is 18.1. The fourth-order valence-corrected chi connectivity index (χ4v) is 3.79. The standard InChI is InChI=1S/C15H24FNO3S/c1-4-12(5-2)10-17(6-3)21(19,20)14-7-8-15(16)13(9-14)11-18/h7-9,12,18H,4-6,10-11H2,1-3H3. The van der Waals surface area contributed by atoms with Crippen LogP contribution in [-0.4, -0.2) is 30.9 Å². The van der Waals surface area contributed by atoms with Crippen LogP contribution in [-0.2, 0) is 16.6 Å². The number of hydrogen-bond donors (Lipinski definition) is 1. The molecule has 0 radical (unpaired) electrons. The fraction of sp³-hybridized carbons (Fsp3) is 0.600. The molecule has 0 spiro atoms. The van der Waals surface area contributed by atoms with Crippen molar-refractivity contribution in [3.8, 4) is 0 Å². The van der Waals surface area contributed by atoms with Gasteiger partial charge in [-0.05, 0) is 24.1 Å². The van der Waals surface area contributed by atoms with Crippen molar-refractivity contribution in [3.63, 3.8) is 0 Å². The fourth-order valence-electron chi connectivity index (χ4n) is 2.21. The lowest BCUT2D eigenvalue weighted by Crippen LogP contribution is -2.35. The van der Waals surface area contributed by atoms with Crippen LogP contribution < -0.4 is 0 Å². The van der Waals surface area contributed by atoms with Crippen LogP contribution in [0.2, 0.25) is 0 Å². The van der Waals surface area contributed by atoms with E-state index in [4.69, 9.17) is 5.11 Å². The molecule has 6 heteroatoms. The molecule has 0 aliphatic carbocycles. The van der Waals surface area contributed by atoms with Gasteiger partial charge in [-0.15, -0.1) is 0 Å². The second kappa shape index (κ2) is 7.87. The van der Waals surface area contributed by atoms with Crippen molar-refractivity contribution in [2.24, 2.45) is 5.92 Å². The first-order valence-electron chi connectivity index (χ1n) is 7.30. The molecule has 4 nitrogen and oxygen atoms in total. The number of nitrogens with zero attached hydrogens (tertiary/aromatic N) is 1. The van der Waals surface area contributed by atoms with E-state index in [9.17, 15) is 12.8 Å². The van der Waals surface area contributed by atoms with Gasteiger partial charge in [-0.25, -0.2) is 12.8 Å². The lowest BCUT2D eigenvalue weighted by atomic mass is 10.0. The van der Waals surface area contributed by atoms with Crippen LogP contribution in [0.1, 0.15) is 39.2 Å². The summed E-state index contributed by atoms with van der Waals surface area (Å²) in [6.45, 7) is 6.17. The summed E-state index contributed by atoms with van der Waals surface area (Å²) in [4.78, 5) is 0.0285. The SMILES string of the molecule is CCC(CC)CN(CC)S(=O)(=O)c1ccc(F)c(CO)c1. The Bertz CT molecular complexity index is 556. The van der Waals surface area contributed by atoms with E-state index in [0.29, 0.717) is 19.0 Å². The average Bonchev–Trinajstić information content (AvgIpc) is 2.48. The number of halogens is 1. The van der Waals surface area contributed by atoms with E-state index >= 15 is 0 Å². The maximum Gasteiger partial charge on any atom is 0.243 e. The molecule has 0 saturated heterocycles. The predicted octanol–water partition coefficient (Wildman–Crippen LogP) is 2.76. The average molecular weight is 317 g/mol. The van der Waals surface area contributed by atoms with Crippen molar-refractivity contribution in [2.75, 3.05) is 13.1 Å². The van der Waals surface area contributed by atoms with E-state index in [1.54, 1.807) is 6.92 Å². The van der Waals surface area contributed by atoms with Gasteiger partial charge in [-0.2, -0.15) is 4.31 Å². The largest absolute Gasteiger partial charge is 0.392 e. The predicted molar refractivity (Wildman–Crippen MR) is 80.8 cm³/mol. The monoisotopic (exact) mass is 317 g/mol. The molecule has 0 amide bonds. The van der Waals surface area contributed by atoms with Gasteiger partial charge in [0.25, 0.3) is 0 Å². The highest BCUT2D eigenvalue weighted by Crippen LogP contribution is 2.21. The van der Waals surface area contributed by atoms with E-state index in [-0.39, 0.29) is 10.5 Å². The minimum atomic E-state index is -3.66. The first-order valence-corrected chi connectivity index (χ1v) is 8.74. The van der Waals surface area contributed by atoms with Gasteiger partial charge in [0.15, 0.2) is 0 Å². The van der Waals surface area contributed by atoms with Crippen molar-refractivity contribution >= 4 is 10.0 Å². The van der Waals surface area contributed by atoms with E-state index in [0.717, 1.165) is 18.9 Å². The summed E-state index contributed by atoms with van der Waals surface area (Å²) in [6.07, 6.45) is 1.82. The molecule has 1 N–H and O–H groups in total. The number of rotatable bonds is 8. The van der Waals surface area contributed by atoms with Gasteiger partial charge in [0, 0.05) is 18.7 Å². The molecule has 1 aromatic rings. The topological polar surface area (TPSA) is 57.6 Å². The van der Waals surface area contributed by atoms with Crippen LogP contribution in [0.3, 0.4) is 0 Å². The van der Waals surface area contributed by atoms with Crippen molar-refractivity contribution in [2.45, 2.75) is 45.1 Å². The van der Waals surface area contributed by atoms with Crippen LogP contribution in [0.4, 0.5) is 4.39 Å². The Morgan fingerprint density at radius 2 is 1.86 bits per heavy atom. The highest BCUT2D eigenvalue weighted by molar-refractivity contribution is 7.89. The molecular formula is C15H24FNO3S. The molecular weight excluding hydrogens is 293 g/mol. The third kappa shape index (κ3) is 4.25. The zero-order chi connectivity index (χ0) is 16.0. The molecule has 0 aliphatic rings. The summed E-state index contributed by atoms with van der Waals surface area (Å²) in [6, 6.07) is 3.54. The Morgan fingerprint density at radius 3 is 2.33 bits per heavy atom. The maximum absolute atomic E-state index is 13.4. The van der Waals surface area contributed by atoms with Gasteiger partial charge in [-0.3, -0.25) is 0 Å². The molecule has 1 rings (SSSR count). The molecule has 0 heterocycles. The molecule has 0 aliphatic heterocycles. The van der Waals surface area contributed by atoms with Gasteiger partial charge in [-0.1, -0.05) is 33.6 Å². The quantitative estimate of drug-likeness (QED) is 0.802. The van der Waals surface area contributed by atoms with Crippen LogP contribution in [0.25, 0.3) is 0 Å². The maximum atomic E-state index is 13.4. The van der Waals surface area contributed by atoms with Gasteiger partial charge in [0.05, 0.1) is 11.5 Å². The zero-order valence-corrected chi connectivity index (χ0v) is 13.7. The summed E-state index contributed by atoms with van der Waals surface area (Å²) < 4.78 is 40.1. The lowest BCUT2D eigenvalue weighted by molar-refractivity contribution is 0.275. The van der Waals surface area contributed by atoms with Crippen LogP contribution in [0.5, 0.6) is 0 Å². The molecule has 1 aromatic carbocycles. The molecule has 0 saturated carbocycles. The van der Waals surface area contributed by atoms with E-state index in [1.807, 2.05) is 13.8 Å². The van der Waals surface area contributed by atoms with Crippen molar-refractivity contribution in [1.82, 2.24) is 4.31 Å². The molecule has 0 bridgehead atoms. The van der Waals surface area contributed by atoms with Gasteiger partial charge < -0.3 is 5.11 Å². The summed E-state index contributed by atoms with van der Waals surface area (Å²) in [5, 5.41) is 9.08. The van der Waals surface area contributed by atoms with Crippen LogP contribution >= 0.6 is 0 Å². The highest BCUT2D eigenvalue weighted by atomic mass is 32.2. The van der Waals surface area contributed by atoms with Gasteiger partial charge >= 0.3 is 0 Å². The second-order valence-corrected chi connectivity index (χ2v) is 6.99. The second-order valence-electron chi connectivity index (χ2n) is 5.05. The van der Waals surface area contributed by atoms with Crippen molar-refractivity contribution in [3.05, 3.63) is 29.6 Å². The van der Waals surface area contributed by atoms with Crippen LogP contribution in [0, 0.1) is 11.7 Å². The number of benzene rings is 1. The number of sulfonamides is 1. The molecule has 0 unspecified atom stereocenters. The number of aliphatic hydroxyl groups excluding tert-OH is 1. The Balaban J connectivity index is 3.12. The van der Waals surface area contributed by atoms with Gasteiger partial charge in [0.1, 0.15) is 5.82 Å². The molecule has 0 atom stereocenters. The third-order valence-electron chi connectivity index (χ3n) is 3.79. The van der Waals surface area contributed by atoms with Crippen LogP contribution in [0.15, 0.2) is 23.1 Å². The third-order valence-corrected chi connectivity index (χ3v) is 5.73. The smallest absolute Gasteiger partial charge is 0.243 e. The Hall–Kier alpha value is -0.980. The first-order chi connectivity index (χ1) is 9.90. The zero-order valence-electron chi connectivity index (χ0n) is 12.8. The lowest BCUT2D eigenvalue weighted by Gasteiger charge is -2.25. The molecule has 0 fully saturated rings. The van der Waals surface area contributed by atoms with Gasteiger partial charge in [0.2, 0.25) is 10.0 Å². The minimum absolute atomic E-state index is 0.00494. The molecule has 21 heavy (non-hydrogen) atoms.